The second kappa shape index (κ2) is 6.39. The maximum absolute atomic E-state index is 12.1. The molecule has 0 spiro atoms. The van der Waals surface area contributed by atoms with Gasteiger partial charge in [0.1, 0.15) is 5.82 Å². The van der Waals surface area contributed by atoms with Crippen molar-refractivity contribution >= 4 is 29.0 Å². The van der Waals surface area contributed by atoms with Crippen LogP contribution in [0.1, 0.15) is 15.9 Å². The Morgan fingerprint density at radius 2 is 1.90 bits per heavy atom. The molecule has 2 aromatic rings. The highest BCUT2D eigenvalue weighted by Gasteiger charge is 2.06. The third kappa shape index (κ3) is 3.48. The monoisotopic (exact) mass is 289 g/mol. The van der Waals surface area contributed by atoms with Crippen LogP contribution in [0.4, 0.5) is 11.5 Å². The normalized spacial score (nSPS) is 10.2. The molecule has 0 unspecified atom stereocenters. The Kier molecular flexibility index (Phi) is 4.58. The number of benzene rings is 1. The van der Waals surface area contributed by atoms with Crippen molar-refractivity contribution in [1.82, 2.24) is 4.98 Å². The number of carbonyl (C=O) groups is 1. The number of pyridine rings is 1. The van der Waals surface area contributed by atoms with E-state index in [2.05, 4.69) is 10.3 Å². The molecule has 1 amide bonds. The van der Waals surface area contributed by atoms with Crippen molar-refractivity contribution in [3.63, 3.8) is 0 Å². The molecule has 0 fully saturated rings. The molecule has 0 saturated heterocycles. The lowest BCUT2D eigenvalue weighted by Gasteiger charge is -2.11. The minimum absolute atomic E-state index is 0.162. The fourth-order valence-electron chi connectivity index (χ4n) is 1.67. The van der Waals surface area contributed by atoms with Gasteiger partial charge in [0, 0.05) is 25.5 Å². The maximum atomic E-state index is 12.1. The summed E-state index contributed by atoms with van der Waals surface area (Å²) >= 11 is 5.72. The van der Waals surface area contributed by atoms with E-state index in [1.807, 2.05) is 43.3 Å². The van der Waals surface area contributed by atoms with E-state index in [4.69, 9.17) is 11.6 Å². The van der Waals surface area contributed by atoms with Crippen molar-refractivity contribution in [3.05, 3.63) is 53.7 Å². The van der Waals surface area contributed by atoms with Crippen molar-refractivity contribution < 1.29 is 4.79 Å². The first-order valence-electron chi connectivity index (χ1n) is 6.20. The molecule has 0 saturated carbocycles. The van der Waals surface area contributed by atoms with Gasteiger partial charge in [0.05, 0.1) is 11.9 Å². The van der Waals surface area contributed by atoms with Gasteiger partial charge < -0.3 is 10.2 Å². The number of nitrogens with zero attached hydrogens (tertiary/aromatic N) is 2. The Morgan fingerprint density at radius 1 is 1.20 bits per heavy atom. The van der Waals surface area contributed by atoms with Crippen LogP contribution in [-0.2, 0) is 5.88 Å². The SMILES string of the molecule is CN(C)c1ccc(NC(=O)c2ccc(CCl)cc2)cn1. The molecule has 0 aliphatic heterocycles. The predicted octanol–water partition coefficient (Wildman–Crippen LogP) is 3.14. The topological polar surface area (TPSA) is 45.2 Å². The zero-order valence-corrected chi connectivity index (χ0v) is 12.2. The number of aromatic nitrogens is 1. The van der Waals surface area contributed by atoms with Gasteiger partial charge in [-0.15, -0.1) is 11.6 Å². The summed E-state index contributed by atoms with van der Waals surface area (Å²) in [5.74, 6) is 1.12. The van der Waals surface area contributed by atoms with Crippen molar-refractivity contribution in [2.75, 3.05) is 24.3 Å². The number of hydrogen-bond donors (Lipinski definition) is 1. The van der Waals surface area contributed by atoms with Gasteiger partial charge in [0.15, 0.2) is 0 Å². The molecule has 0 atom stereocenters. The molecule has 1 heterocycles. The van der Waals surface area contributed by atoms with Crippen molar-refractivity contribution in [3.8, 4) is 0 Å². The van der Waals surface area contributed by atoms with Crippen LogP contribution in [0.2, 0.25) is 0 Å². The fraction of sp³-hybridized carbons (Fsp3) is 0.200. The molecule has 20 heavy (non-hydrogen) atoms. The summed E-state index contributed by atoms with van der Waals surface area (Å²) < 4.78 is 0. The van der Waals surface area contributed by atoms with Crippen LogP contribution >= 0.6 is 11.6 Å². The second-order valence-corrected chi connectivity index (χ2v) is 4.85. The van der Waals surface area contributed by atoms with Crippen LogP contribution in [-0.4, -0.2) is 25.0 Å². The summed E-state index contributed by atoms with van der Waals surface area (Å²) in [6.07, 6.45) is 1.64. The van der Waals surface area contributed by atoms with E-state index in [9.17, 15) is 4.79 Å². The van der Waals surface area contributed by atoms with Crippen LogP contribution in [0.5, 0.6) is 0 Å². The van der Waals surface area contributed by atoms with E-state index < -0.39 is 0 Å². The first kappa shape index (κ1) is 14.3. The Hall–Kier alpha value is -2.07. The summed E-state index contributed by atoms with van der Waals surface area (Å²) in [5.41, 5.74) is 2.25. The molecule has 104 valence electrons. The average molecular weight is 290 g/mol. The highest BCUT2D eigenvalue weighted by atomic mass is 35.5. The summed E-state index contributed by atoms with van der Waals surface area (Å²) in [6, 6.07) is 10.9. The Balaban J connectivity index is 2.06. The Bertz CT molecular complexity index is 579. The second-order valence-electron chi connectivity index (χ2n) is 4.58. The summed E-state index contributed by atoms with van der Waals surface area (Å²) in [7, 11) is 3.83. The zero-order valence-electron chi connectivity index (χ0n) is 11.4. The van der Waals surface area contributed by atoms with Crippen LogP contribution < -0.4 is 10.2 Å². The van der Waals surface area contributed by atoms with E-state index in [1.54, 1.807) is 18.3 Å². The number of amides is 1. The summed E-state index contributed by atoms with van der Waals surface area (Å²) in [4.78, 5) is 18.2. The highest BCUT2D eigenvalue weighted by Crippen LogP contribution is 2.13. The lowest BCUT2D eigenvalue weighted by Crippen LogP contribution is -2.13. The molecular weight excluding hydrogens is 274 g/mol. The van der Waals surface area contributed by atoms with E-state index in [-0.39, 0.29) is 5.91 Å². The number of carbonyl (C=O) groups excluding carboxylic acids is 1. The van der Waals surface area contributed by atoms with E-state index in [0.717, 1.165) is 11.4 Å². The fourth-order valence-corrected chi connectivity index (χ4v) is 1.85. The quantitative estimate of drug-likeness (QED) is 0.880. The Morgan fingerprint density at radius 3 is 2.40 bits per heavy atom. The predicted molar refractivity (Wildman–Crippen MR) is 82.5 cm³/mol. The molecule has 1 aromatic carbocycles. The van der Waals surface area contributed by atoms with Gasteiger partial charge in [-0.1, -0.05) is 12.1 Å². The van der Waals surface area contributed by atoms with E-state index in [0.29, 0.717) is 17.1 Å². The van der Waals surface area contributed by atoms with Gasteiger partial charge in [-0.2, -0.15) is 0 Å². The molecule has 1 aromatic heterocycles. The largest absolute Gasteiger partial charge is 0.363 e. The zero-order chi connectivity index (χ0) is 14.5. The summed E-state index contributed by atoms with van der Waals surface area (Å²) in [6.45, 7) is 0. The van der Waals surface area contributed by atoms with Gasteiger partial charge in [-0.25, -0.2) is 4.98 Å². The van der Waals surface area contributed by atoms with Gasteiger partial charge in [0.25, 0.3) is 5.91 Å². The number of anilines is 2. The first-order valence-corrected chi connectivity index (χ1v) is 6.73. The van der Waals surface area contributed by atoms with Crippen LogP contribution in [0, 0.1) is 0 Å². The van der Waals surface area contributed by atoms with Gasteiger partial charge in [0.2, 0.25) is 0 Å². The minimum atomic E-state index is -0.162. The molecule has 1 N–H and O–H groups in total. The van der Waals surface area contributed by atoms with Crippen LogP contribution in [0.3, 0.4) is 0 Å². The van der Waals surface area contributed by atoms with E-state index in [1.165, 1.54) is 0 Å². The smallest absolute Gasteiger partial charge is 0.255 e. The highest BCUT2D eigenvalue weighted by molar-refractivity contribution is 6.17. The van der Waals surface area contributed by atoms with Crippen molar-refractivity contribution in [1.29, 1.82) is 0 Å². The van der Waals surface area contributed by atoms with Gasteiger partial charge >= 0.3 is 0 Å². The summed E-state index contributed by atoms with van der Waals surface area (Å²) in [5, 5.41) is 2.81. The van der Waals surface area contributed by atoms with E-state index >= 15 is 0 Å². The number of hydrogen-bond acceptors (Lipinski definition) is 3. The van der Waals surface area contributed by atoms with Crippen molar-refractivity contribution in [2.45, 2.75) is 5.88 Å². The lowest BCUT2D eigenvalue weighted by molar-refractivity contribution is 0.102. The number of nitrogens with one attached hydrogen (secondary N) is 1. The van der Waals surface area contributed by atoms with Crippen molar-refractivity contribution in [2.24, 2.45) is 0 Å². The standard InChI is InChI=1S/C15H16ClN3O/c1-19(2)14-8-7-13(10-17-14)18-15(20)12-5-3-11(9-16)4-6-12/h3-8,10H,9H2,1-2H3,(H,18,20). The Labute approximate surface area is 123 Å². The number of rotatable bonds is 4. The molecule has 0 aliphatic rings. The third-order valence-electron chi connectivity index (χ3n) is 2.83. The van der Waals surface area contributed by atoms with Gasteiger partial charge in [-0.3, -0.25) is 4.79 Å². The first-order chi connectivity index (χ1) is 9.60. The van der Waals surface area contributed by atoms with Gasteiger partial charge in [-0.05, 0) is 29.8 Å². The number of halogens is 1. The average Bonchev–Trinajstić information content (AvgIpc) is 2.48. The van der Waals surface area contributed by atoms with Crippen LogP contribution in [0.15, 0.2) is 42.6 Å². The number of alkyl halides is 1. The molecule has 0 bridgehead atoms. The molecule has 0 aliphatic carbocycles. The third-order valence-corrected chi connectivity index (χ3v) is 3.14. The molecule has 4 nitrogen and oxygen atoms in total. The molecule has 5 heteroatoms. The molecular formula is C15H16ClN3O. The molecule has 0 radical (unpaired) electrons. The van der Waals surface area contributed by atoms with Crippen LogP contribution in [0.25, 0.3) is 0 Å². The maximum Gasteiger partial charge on any atom is 0.255 e. The lowest BCUT2D eigenvalue weighted by atomic mass is 10.1. The molecule has 2 rings (SSSR count). The minimum Gasteiger partial charge on any atom is -0.363 e.